The first-order valence-corrected chi connectivity index (χ1v) is 9.39. The van der Waals surface area contributed by atoms with E-state index >= 15 is 0 Å². The molecule has 0 spiro atoms. The molecule has 3 heteroatoms. The molecule has 3 unspecified atom stereocenters. The summed E-state index contributed by atoms with van der Waals surface area (Å²) in [6.45, 7) is 6.89. The molecule has 0 saturated carbocycles. The van der Waals surface area contributed by atoms with Gasteiger partial charge in [0.1, 0.15) is 5.82 Å². The van der Waals surface area contributed by atoms with Crippen LogP contribution in [0.25, 0.3) is 10.9 Å². The summed E-state index contributed by atoms with van der Waals surface area (Å²) >= 11 is 0. The lowest BCUT2D eigenvalue weighted by Gasteiger charge is -2.49. The zero-order valence-electron chi connectivity index (χ0n) is 14.7. The standard InChI is InChI=1S/C21H27FN2/c1-3-15-9-14-10-16(4-2)21(15)24(13-14)8-7-17-12-23-20-6-5-18(22)11-19(17)20/h5-6,9,11-12,14,16,21,23H,3-4,7-8,10,13H2,1-2H3. The number of H-pyrrole nitrogens is 1. The van der Waals surface area contributed by atoms with Crippen LogP contribution < -0.4 is 0 Å². The van der Waals surface area contributed by atoms with Gasteiger partial charge in [-0.3, -0.25) is 4.90 Å². The van der Waals surface area contributed by atoms with Crippen LogP contribution in [0.5, 0.6) is 0 Å². The smallest absolute Gasteiger partial charge is 0.123 e. The molecule has 2 aliphatic heterocycles. The lowest BCUT2D eigenvalue weighted by atomic mass is 9.71. The van der Waals surface area contributed by atoms with E-state index in [9.17, 15) is 4.39 Å². The number of aromatic amines is 1. The Balaban J connectivity index is 1.53. The van der Waals surface area contributed by atoms with Crippen molar-refractivity contribution in [2.45, 2.75) is 45.6 Å². The van der Waals surface area contributed by atoms with Crippen LogP contribution >= 0.6 is 0 Å². The summed E-state index contributed by atoms with van der Waals surface area (Å²) < 4.78 is 13.6. The Bertz CT molecular complexity index is 760. The number of rotatable bonds is 5. The minimum atomic E-state index is -0.150. The predicted molar refractivity (Wildman–Crippen MR) is 97.6 cm³/mol. The van der Waals surface area contributed by atoms with Crippen molar-refractivity contribution in [1.29, 1.82) is 0 Å². The third-order valence-electron chi connectivity index (χ3n) is 6.07. The molecule has 2 aromatic rings. The molecule has 1 aromatic heterocycles. The zero-order chi connectivity index (χ0) is 16.7. The molecule has 24 heavy (non-hydrogen) atoms. The van der Waals surface area contributed by atoms with Gasteiger partial charge in [0, 0.05) is 36.2 Å². The van der Waals surface area contributed by atoms with Crippen LogP contribution in [0.3, 0.4) is 0 Å². The highest BCUT2D eigenvalue weighted by Gasteiger charge is 2.39. The van der Waals surface area contributed by atoms with Gasteiger partial charge in [-0.2, -0.15) is 0 Å². The van der Waals surface area contributed by atoms with Crippen molar-refractivity contribution in [2.24, 2.45) is 11.8 Å². The molecule has 2 nitrogen and oxygen atoms in total. The molecule has 1 aromatic carbocycles. The van der Waals surface area contributed by atoms with Crippen LogP contribution in [0.4, 0.5) is 4.39 Å². The predicted octanol–water partition coefficient (Wildman–Crippen LogP) is 4.92. The van der Waals surface area contributed by atoms with Crippen molar-refractivity contribution in [2.75, 3.05) is 13.1 Å². The number of nitrogens with one attached hydrogen (secondary N) is 1. The van der Waals surface area contributed by atoms with Gasteiger partial charge in [-0.15, -0.1) is 0 Å². The lowest BCUT2D eigenvalue weighted by molar-refractivity contribution is 0.0713. The maximum Gasteiger partial charge on any atom is 0.123 e. The molecule has 1 fully saturated rings. The lowest BCUT2D eigenvalue weighted by Crippen LogP contribution is -2.53. The Kier molecular flexibility index (Phi) is 4.21. The average molecular weight is 326 g/mol. The third kappa shape index (κ3) is 2.69. The molecule has 3 aliphatic rings. The second-order valence-corrected chi connectivity index (χ2v) is 7.45. The fourth-order valence-corrected chi connectivity index (χ4v) is 4.93. The van der Waals surface area contributed by atoms with Gasteiger partial charge in [0.15, 0.2) is 0 Å². The highest BCUT2D eigenvalue weighted by molar-refractivity contribution is 5.83. The molecule has 2 bridgehead atoms. The summed E-state index contributed by atoms with van der Waals surface area (Å²) in [5, 5.41) is 1.04. The third-order valence-corrected chi connectivity index (χ3v) is 6.07. The van der Waals surface area contributed by atoms with Gasteiger partial charge in [0.25, 0.3) is 0 Å². The van der Waals surface area contributed by atoms with Gasteiger partial charge in [0.05, 0.1) is 0 Å². The summed E-state index contributed by atoms with van der Waals surface area (Å²) in [5.41, 5.74) is 3.92. The van der Waals surface area contributed by atoms with E-state index in [1.807, 2.05) is 6.07 Å². The molecule has 1 N–H and O–H groups in total. The van der Waals surface area contributed by atoms with Gasteiger partial charge in [0.2, 0.25) is 0 Å². The molecular weight excluding hydrogens is 299 g/mol. The van der Waals surface area contributed by atoms with Crippen molar-refractivity contribution in [3.8, 4) is 0 Å². The molecule has 0 radical (unpaired) electrons. The molecule has 0 amide bonds. The fourth-order valence-electron chi connectivity index (χ4n) is 4.93. The highest BCUT2D eigenvalue weighted by atomic mass is 19.1. The number of aromatic nitrogens is 1. The first-order valence-electron chi connectivity index (χ1n) is 9.39. The number of hydrogen-bond donors (Lipinski definition) is 1. The molecule has 5 rings (SSSR count). The first-order chi connectivity index (χ1) is 11.7. The van der Waals surface area contributed by atoms with Gasteiger partial charge in [-0.05, 0) is 54.9 Å². The van der Waals surface area contributed by atoms with Crippen LogP contribution in [0, 0.1) is 17.7 Å². The topological polar surface area (TPSA) is 19.0 Å². The number of halogens is 1. The van der Waals surface area contributed by atoms with E-state index < -0.39 is 0 Å². The van der Waals surface area contributed by atoms with Gasteiger partial charge >= 0.3 is 0 Å². The maximum absolute atomic E-state index is 13.6. The van der Waals surface area contributed by atoms with E-state index in [2.05, 4.69) is 36.0 Å². The largest absolute Gasteiger partial charge is 0.361 e. The molecule has 3 atom stereocenters. The minimum Gasteiger partial charge on any atom is -0.361 e. The van der Waals surface area contributed by atoms with Crippen molar-refractivity contribution >= 4 is 10.9 Å². The number of fused-ring (bicyclic) bond motifs is 3. The first kappa shape index (κ1) is 15.9. The molecule has 1 aliphatic carbocycles. The Morgan fingerprint density at radius 1 is 1.29 bits per heavy atom. The quantitative estimate of drug-likeness (QED) is 0.773. The number of benzene rings is 1. The van der Waals surface area contributed by atoms with Crippen LogP contribution in [0.15, 0.2) is 36.0 Å². The summed E-state index contributed by atoms with van der Waals surface area (Å²) in [6, 6.07) is 5.65. The van der Waals surface area contributed by atoms with Crippen molar-refractivity contribution in [1.82, 2.24) is 9.88 Å². The summed E-state index contributed by atoms with van der Waals surface area (Å²) in [7, 11) is 0. The van der Waals surface area contributed by atoms with Crippen molar-refractivity contribution in [3.63, 3.8) is 0 Å². The fraction of sp³-hybridized carbons (Fsp3) is 0.524. The number of piperidine rings is 1. The SMILES string of the molecule is CCC1=CC2CC(CC)C1N(CCc1c[nH]c3ccc(F)cc13)C2. The van der Waals surface area contributed by atoms with Gasteiger partial charge < -0.3 is 4.98 Å². The number of hydrogen-bond acceptors (Lipinski definition) is 1. The normalized spacial score (nSPS) is 27.0. The Morgan fingerprint density at radius 2 is 2.17 bits per heavy atom. The van der Waals surface area contributed by atoms with E-state index in [0.29, 0.717) is 6.04 Å². The van der Waals surface area contributed by atoms with Crippen LogP contribution in [-0.4, -0.2) is 29.0 Å². The highest BCUT2D eigenvalue weighted by Crippen LogP contribution is 2.41. The average Bonchev–Trinajstić information content (AvgIpc) is 3.01. The van der Waals surface area contributed by atoms with Crippen LogP contribution in [-0.2, 0) is 6.42 Å². The Hall–Kier alpha value is -1.61. The van der Waals surface area contributed by atoms with E-state index in [0.717, 1.165) is 35.7 Å². The number of nitrogens with zero attached hydrogens (tertiary/aromatic N) is 1. The minimum absolute atomic E-state index is 0.150. The maximum atomic E-state index is 13.6. The zero-order valence-corrected chi connectivity index (χ0v) is 14.7. The molecule has 1 saturated heterocycles. The second-order valence-electron chi connectivity index (χ2n) is 7.45. The van der Waals surface area contributed by atoms with E-state index in [1.165, 1.54) is 37.4 Å². The monoisotopic (exact) mass is 326 g/mol. The van der Waals surface area contributed by atoms with E-state index in [-0.39, 0.29) is 5.82 Å². The van der Waals surface area contributed by atoms with Gasteiger partial charge in [-0.25, -0.2) is 4.39 Å². The molecule has 3 heterocycles. The second kappa shape index (κ2) is 6.36. The molecule has 128 valence electrons. The Morgan fingerprint density at radius 3 is 2.96 bits per heavy atom. The Labute approximate surface area is 143 Å². The van der Waals surface area contributed by atoms with Crippen molar-refractivity contribution in [3.05, 3.63) is 47.4 Å². The van der Waals surface area contributed by atoms with E-state index in [1.54, 1.807) is 11.6 Å². The van der Waals surface area contributed by atoms with Crippen molar-refractivity contribution < 1.29 is 4.39 Å². The van der Waals surface area contributed by atoms with E-state index in [4.69, 9.17) is 0 Å². The molecular formula is C21H27FN2. The van der Waals surface area contributed by atoms with Gasteiger partial charge in [-0.1, -0.05) is 31.9 Å². The van der Waals surface area contributed by atoms with Crippen LogP contribution in [0.1, 0.15) is 38.7 Å². The summed E-state index contributed by atoms with van der Waals surface area (Å²) in [4.78, 5) is 5.97. The van der Waals surface area contributed by atoms with Crippen LogP contribution in [0.2, 0.25) is 0 Å². The summed E-state index contributed by atoms with van der Waals surface area (Å²) in [6.07, 6.45) is 9.40. The summed E-state index contributed by atoms with van der Waals surface area (Å²) in [5.74, 6) is 1.39.